The van der Waals surface area contributed by atoms with Gasteiger partial charge in [0.05, 0.1) is 13.7 Å². The van der Waals surface area contributed by atoms with Crippen LogP contribution in [0.25, 0.3) is 11.1 Å². The van der Waals surface area contributed by atoms with Gasteiger partial charge in [0.15, 0.2) is 6.61 Å². The van der Waals surface area contributed by atoms with Gasteiger partial charge in [0.25, 0.3) is 5.91 Å². The van der Waals surface area contributed by atoms with Crippen LogP contribution >= 0.6 is 27.3 Å². The summed E-state index contributed by atoms with van der Waals surface area (Å²) in [6, 6.07) is 13.2. The van der Waals surface area contributed by atoms with Crippen molar-refractivity contribution in [2.24, 2.45) is 0 Å². The van der Waals surface area contributed by atoms with Crippen molar-refractivity contribution in [3.05, 3.63) is 62.9 Å². The van der Waals surface area contributed by atoms with Gasteiger partial charge < -0.3 is 19.5 Å². The van der Waals surface area contributed by atoms with Crippen LogP contribution in [0.4, 0.5) is 5.00 Å². The van der Waals surface area contributed by atoms with Gasteiger partial charge in [0.1, 0.15) is 22.1 Å². The summed E-state index contributed by atoms with van der Waals surface area (Å²) in [5, 5.41) is 3.28. The number of rotatable bonds is 8. The Bertz CT molecular complexity index is 1210. The topological polar surface area (TPSA) is 73.9 Å². The van der Waals surface area contributed by atoms with Crippen molar-refractivity contribution in [1.29, 1.82) is 0 Å². The van der Waals surface area contributed by atoms with E-state index in [9.17, 15) is 9.59 Å². The molecule has 0 aliphatic rings. The van der Waals surface area contributed by atoms with Gasteiger partial charge in [-0.25, -0.2) is 4.79 Å². The van der Waals surface area contributed by atoms with E-state index in [2.05, 4.69) is 42.0 Å². The van der Waals surface area contributed by atoms with Crippen molar-refractivity contribution in [3.8, 4) is 22.6 Å². The van der Waals surface area contributed by atoms with Gasteiger partial charge in [-0.3, -0.25) is 4.79 Å². The Morgan fingerprint density at radius 1 is 1.06 bits per heavy atom. The molecule has 3 rings (SSSR count). The number of carbonyl (C=O) groups is 2. The molecule has 35 heavy (non-hydrogen) atoms. The summed E-state index contributed by atoms with van der Waals surface area (Å²) in [6.45, 7) is 10.5. The van der Waals surface area contributed by atoms with E-state index in [1.165, 1.54) is 18.4 Å². The number of hydrogen-bond acceptors (Lipinski definition) is 6. The summed E-state index contributed by atoms with van der Waals surface area (Å²) in [7, 11) is 1.33. The van der Waals surface area contributed by atoms with E-state index in [-0.39, 0.29) is 17.9 Å². The van der Waals surface area contributed by atoms with Crippen molar-refractivity contribution in [2.75, 3.05) is 25.6 Å². The molecule has 0 radical (unpaired) electrons. The Morgan fingerprint density at radius 2 is 1.74 bits per heavy atom. The standard InChI is InChI=1S/C27H30BrNO5S/c1-7-33-19-11-8-17(9-12-19)23-16(2)35-25(24(23)26(31)32-6)29-22(30)15-34-21-13-10-18(28)14-20(21)27(3,4)5/h8-14H,7,15H2,1-6H3,(H,29,30). The lowest BCUT2D eigenvalue weighted by Gasteiger charge is -2.23. The SMILES string of the molecule is CCOc1ccc(-c2c(C)sc(NC(=O)COc3ccc(Br)cc3C(C)(C)C)c2C(=O)OC)cc1. The molecule has 0 spiro atoms. The smallest absolute Gasteiger partial charge is 0.341 e. The summed E-state index contributed by atoms with van der Waals surface area (Å²) < 4.78 is 17.4. The molecule has 0 aliphatic carbocycles. The second-order valence-electron chi connectivity index (χ2n) is 8.91. The zero-order chi connectivity index (χ0) is 25.8. The second kappa shape index (κ2) is 11.3. The molecule has 0 saturated heterocycles. The van der Waals surface area contributed by atoms with Crippen molar-refractivity contribution >= 4 is 44.1 Å². The van der Waals surface area contributed by atoms with Crippen LogP contribution in [-0.4, -0.2) is 32.2 Å². The van der Waals surface area contributed by atoms with Crippen LogP contribution in [0, 0.1) is 6.92 Å². The average molecular weight is 561 g/mol. The lowest BCUT2D eigenvalue weighted by atomic mass is 9.86. The quantitative estimate of drug-likeness (QED) is 0.301. The summed E-state index contributed by atoms with van der Waals surface area (Å²) in [5.74, 6) is 0.508. The molecule has 0 fully saturated rings. The fraction of sp³-hybridized carbons (Fsp3) is 0.333. The monoisotopic (exact) mass is 559 g/mol. The number of ether oxygens (including phenoxy) is 3. The number of methoxy groups -OCH3 is 1. The highest BCUT2D eigenvalue weighted by atomic mass is 79.9. The van der Waals surface area contributed by atoms with Gasteiger partial charge in [-0.05, 0) is 55.2 Å². The molecule has 0 unspecified atom stereocenters. The Morgan fingerprint density at radius 3 is 2.34 bits per heavy atom. The minimum atomic E-state index is -0.516. The molecule has 1 amide bonds. The molecule has 1 heterocycles. The normalized spacial score (nSPS) is 11.2. The van der Waals surface area contributed by atoms with Gasteiger partial charge in [-0.1, -0.05) is 48.8 Å². The van der Waals surface area contributed by atoms with Gasteiger partial charge in [-0.15, -0.1) is 11.3 Å². The second-order valence-corrected chi connectivity index (χ2v) is 11.1. The van der Waals surface area contributed by atoms with E-state index < -0.39 is 5.97 Å². The lowest BCUT2D eigenvalue weighted by Crippen LogP contribution is -2.22. The molecular weight excluding hydrogens is 530 g/mol. The minimum Gasteiger partial charge on any atom is -0.494 e. The largest absolute Gasteiger partial charge is 0.494 e. The molecule has 0 atom stereocenters. The maximum atomic E-state index is 12.8. The van der Waals surface area contributed by atoms with Crippen LogP contribution in [0.15, 0.2) is 46.9 Å². The van der Waals surface area contributed by atoms with E-state index in [1.54, 1.807) is 0 Å². The molecule has 3 aromatic rings. The number of carbonyl (C=O) groups excluding carboxylic acids is 2. The fourth-order valence-electron chi connectivity index (χ4n) is 3.68. The first-order valence-electron chi connectivity index (χ1n) is 11.2. The number of esters is 1. The Hall–Kier alpha value is -2.84. The minimum absolute atomic E-state index is 0.162. The zero-order valence-electron chi connectivity index (χ0n) is 20.8. The molecular formula is C27H30BrNO5S. The van der Waals surface area contributed by atoms with E-state index in [0.29, 0.717) is 22.9 Å². The average Bonchev–Trinajstić information content (AvgIpc) is 3.13. The van der Waals surface area contributed by atoms with E-state index in [4.69, 9.17) is 14.2 Å². The first kappa shape index (κ1) is 26.8. The lowest BCUT2D eigenvalue weighted by molar-refractivity contribution is -0.118. The number of thiophene rings is 1. The van der Waals surface area contributed by atoms with Gasteiger partial charge in [0.2, 0.25) is 0 Å². The van der Waals surface area contributed by atoms with Crippen molar-refractivity contribution in [2.45, 2.75) is 40.0 Å². The number of halogens is 1. The van der Waals surface area contributed by atoms with Crippen LogP contribution in [0.3, 0.4) is 0 Å². The van der Waals surface area contributed by atoms with Crippen LogP contribution < -0.4 is 14.8 Å². The number of amides is 1. The van der Waals surface area contributed by atoms with Crippen LogP contribution in [0.1, 0.15) is 48.5 Å². The van der Waals surface area contributed by atoms with Crippen molar-refractivity contribution in [1.82, 2.24) is 0 Å². The van der Waals surface area contributed by atoms with Gasteiger partial charge in [0, 0.05) is 20.5 Å². The van der Waals surface area contributed by atoms with Crippen molar-refractivity contribution < 1.29 is 23.8 Å². The number of nitrogens with one attached hydrogen (secondary N) is 1. The third-order valence-electron chi connectivity index (χ3n) is 5.29. The summed E-state index contributed by atoms with van der Waals surface area (Å²) in [4.78, 5) is 26.5. The Balaban J connectivity index is 1.85. The first-order valence-corrected chi connectivity index (χ1v) is 12.8. The van der Waals surface area contributed by atoms with E-state index in [0.717, 1.165) is 31.8 Å². The molecule has 0 bridgehead atoms. The molecule has 1 N–H and O–H groups in total. The Kier molecular flexibility index (Phi) is 8.61. The molecule has 0 aliphatic heterocycles. The highest BCUT2D eigenvalue weighted by Crippen LogP contribution is 2.41. The number of benzene rings is 2. The predicted octanol–water partition coefficient (Wildman–Crippen LogP) is 6.99. The molecule has 1 aromatic heterocycles. The van der Waals surface area contributed by atoms with Crippen molar-refractivity contribution in [3.63, 3.8) is 0 Å². The summed E-state index contributed by atoms with van der Waals surface area (Å²) in [5.41, 5.74) is 2.71. The summed E-state index contributed by atoms with van der Waals surface area (Å²) >= 11 is 4.82. The predicted molar refractivity (Wildman–Crippen MR) is 144 cm³/mol. The Labute approximate surface area is 218 Å². The first-order chi connectivity index (χ1) is 16.5. The van der Waals surface area contributed by atoms with E-state index >= 15 is 0 Å². The molecule has 8 heteroatoms. The fourth-order valence-corrected chi connectivity index (χ4v) is 5.12. The maximum absolute atomic E-state index is 12.8. The van der Waals surface area contributed by atoms with Crippen LogP contribution in [-0.2, 0) is 14.9 Å². The highest BCUT2D eigenvalue weighted by Gasteiger charge is 2.26. The maximum Gasteiger partial charge on any atom is 0.341 e. The van der Waals surface area contributed by atoms with E-state index in [1.807, 2.05) is 56.3 Å². The molecule has 2 aromatic carbocycles. The molecule has 0 saturated carbocycles. The summed E-state index contributed by atoms with van der Waals surface area (Å²) in [6.07, 6.45) is 0. The number of hydrogen-bond donors (Lipinski definition) is 1. The zero-order valence-corrected chi connectivity index (χ0v) is 23.2. The van der Waals surface area contributed by atoms with Crippen LogP contribution in [0.2, 0.25) is 0 Å². The number of anilines is 1. The number of aryl methyl sites for hydroxylation is 1. The third kappa shape index (κ3) is 6.44. The van der Waals surface area contributed by atoms with Gasteiger partial charge in [-0.2, -0.15) is 0 Å². The van der Waals surface area contributed by atoms with Gasteiger partial charge >= 0.3 is 5.97 Å². The third-order valence-corrected chi connectivity index (χ3v) is 6.80. The molecule has 6 nitrogen and oxygen atoms in total. The van der Waals surface area contributed by atoms with Crippen LogP contribution in [0.5, 0.6) is 11.5 Å². The highest BCUT2D eigenvalue weighted by molar-refractivity contribution is 9.10. The molecule has 186 valence electrons.